The first-order valence-corrected chi connectivity index (χ1v) is 19.8. The van der Waals surface area contributed by atoms with Gasteiger partial charge in [-0.25, -0.2) is 9.97 Å². The van der Waals surface area contributed by atoms with Crippen LogP contribution in [0.2, 0.25) is 0 Å². The highest BCUT2D eigenvalue weighted by molar-refractivity contribution is 6.08. The lowest BCUT2D eigenvalue weighted by atomic mass is 9.65. The van der Waals surface area contributed by atoms with E-state index in [0.29, 0.717) is 5.82 Å². The van der Waals surface area contributed by atoms with Crippen LogP contribution in [0.3, 0.4) is 0 Å². The fourth-order valence-corrected chi connectivity index (χ4v) is 9.58. The summed E-state index contributed by atoms with van der Waals surface area (Å²) in [5.41, 5.74) is 13.7. The molecule has 1 spiro atoms. The predicted octanol–water partition coefficient (Wildman–Crippen LogP) is 13.9. The summed E-state index contributed by atoms with van der Waals surface area (Å²) < 4.78 is 7.01. The van der Waals surface area contributed by atoms with Crippen LogP contribution in [0.15, 0.2) is 206 Å². The Morgan fingerprint density at radius 3 is 1.76 bits per heavy atom. The van der Waals surface area contributed by atoms with Gasteiger partial charge >= 0.3 is 0 Å². The van der Waals surface area contributed by atoms with E-state index in [4.69, 9.17) is 14.7 Å². The molecule has 0 fully saturated rings. The van der Waals surface area contributed by atoms with E-state index in [2.05, 4.69) is 200 Å². The molecular formula is C55H34N2O. The summed E-state index contributed by atoms with van der Waals surface area (Å²) in [6.07, 6.45) is 0. The minimum absolute atomic E-state index is 0.529. The van der Waals surface area contributed by atoms with Gasteiger partial charge in [-0.05, 0) is 73.6 Å². The summed E-state index contributed by atoms with van der Waals surface area (Å²) in [7, 11) is 0. The first-order valence-electron chi connectivity index (χ1n) is 19.8. The minimum Gasteiger partial charge on any atom is -0.456 e. The summed E-state index contributed by atoms with van der Waals surface area (Å²) in [6.45, 7) is 0. The molecule has 270 valence electrons. The maximum atomic E-state index is 7.01. The van der Waals surface area contributed by atoms with E-state index in [0.717, 1.165) is 61.8 Å². The Hall–Kier alpha value is -7.62. The Kier molecular flexibility index (Phi) is 7.14. The molecule has 1 aliphatic heterocycles. The van der Waals surface area contributed by atoms with Crippen molar-refractivity contribution >= 4 is 21.5 Å². The van der Waals surface area contributed by atoms with Crippen molar-refractivity contribution < 1.29 is 4.74 Å². The van der Waals surface area contributed by atoms with E-state index < -0.39 is 5.41 Å². The van der Waals surface area contributed by atoms with Gasteiger partial charge in [-0.3, -0.25) is 0 Å². The van der Waals surface area contributed by atoms with Crippen molar-refractivity contribution in [2.24, 2.45) is 0 Å². The summed E-state index contributed by atoms with van der Waals surface area (Å²) in [5.74, 6) is 2.41. The number of ether oxygens (including phenoxy) is 1. The zero-order chi connectivity index (χ0) is 38.2. The lowest BCUT2D eigenvalue weighted by molar-refractivity contribution is 0.438. The molecule has 2 heterocycles. The van der Waals surface area contributed by atoms with Gasteiger partial charge in [-0.1, -0.05) is 182 Å². The number of nitrogens with zero attached hydrogens (tertiary/aromatic N) is 2. The molecule has 2 aliphatic rings. The molecule has 12 rings (SSSR count). The van der Waals surface area contributed by atoms with E-state index in [-0.39, 0.29) is 0 Å². The third-order valence-corrected chi connectivity index (χ3v) is 12.1. The number of hydrogen-bond donors (Lipinski definition) is 0. The number of hydrogen-bond acceptors (Lipinski definition) is 3. The Bertz CT molecular complexity index is 3230. The average Bonchev–Trinajstić information content (AvgIpc) is 3.59. The van der Waals surface area contributed by atoms with Crippen molar-refractivity contribution in [2.45, 2.75) is 5.41 Å². The van der Waals surface area contributed by atoms with Crippen LogP contribution in [0, 0.1) is 0 Å². The van der Waals surface area contributed by atoms with Crippen molar-refractivity contribution in [1.82, 2.24) is 9.97 Å². The molecule has 0 amide bonds. The number of benzene rings is 9. The van der Waals surface area contributed by atoms with Crippen molar-refractivity contribution in [3.05, 3.63) is 229 Å². The fourth-order valence-electron chi connectivity index (χ4n) is 9.58. The Morgan fingerprint density at radius 1 is 0.345 bits per heavy atom. The van der Waals surface area contributed by atoms with Gasteiger partial charge in [0.15, 0.2) is 5.82 Å². The van der Waals surface area contributed by atoms with E-state index in [1.807, 2.05) is 6.07 Å². The second-order valence-corrected chi connectivity index (χ2v) is 15.3. The molecule has 0 N–H and O–H groups in total. The topological polar surface area (TPSA) is 35.0 Å². The van der Waals surface area contributed by atoms with Gasteiger partial charge in [0.2, 0.25) is 0 Å². The van der Waals surface area contributed by atoms with Crippen LogP contribution < -0.4 is 4.74 Å². The monoisotopic (exact) mass is 738 g/mol. The van der Waals surface area contributed by atoms with Crippen molar-refractivity contribution in [3.8, 4) is 67.7 Å². The van der Waals surface area contributed by atoms with Gasteiger partial charge in [-0.2, -0.15) is 0 Å². The lowest BCUT2D eigenvalue weighted by Gasteiger charge is -2.40. The number of para-hydroxylation sites is 2. The number of aromatic nitrogens is 2. The standard InChI is InChI=1S/C55H34N2O/c1-2-15-36(16-3-1)50-34-51(39-30-31-42-38(32-39)29-28-35-14-4-5-19-41(35)42)57-54(56-50)40-18-12-17-37(33-40)43-22-13-26-49-53(43)58-52-27-11-10-25-48(52)55(49)46-23-8-6-20-44(46)45-21-7-9-24-47(45)55/h1-34H. The van der Waals surface area contributed by atoms with Gasteiger partial charge < -0.3 is 4.74 Å². The van der Waals surface area contributed by atoms with E-state index in [9.17, 15) is 0 Å². The Balaban J connectivity index is 1.03. The Morgan fingerprint density at radius 2 is 0.931 bits per heavy atom. The summed E-state index contributed by atoms with van der Waals surface area (Å²) in [5, 5.41) is 4.90. The molecule has 58 heavy (non-hydrogen) atoms. The van der Waals surface area contributed by atoms with E-state index in [1.165, 1.54) is 43.8 Å². The van der Waals surface area contributed by atoms with E-state index >= 15 is 0 Å². The van der Waals surface area contributed by atoms with Gasteiger partial charge in [-0.15, -0.1) is 0 Å². The zero-order valence-electron chi connectivity index (χ0n) is 31.4. The highest BCUT2D eigenvalue weighted by atomic mass is 16.5. The van der Waals surface area contributed by atoms with Gasteiger partial charge in [0.25, 0.3) is 0 Å². The van der Waals surface area contributed by atoms with Crippen LogP contribution in [0.1, 0.15) is 22.3 Å². The van der Waals surface area contributed by atoms with Crippen LogP contribution in [0.4, 0.5) is 0 Å². The largest absolute Gasteiger partial charge is 0.456 e. The van der Waals surface area contributed by atoms with Crippen LogP contribution in [-0.2, 0) is 5.41 Å². The fraction of sp³-hybridized carbons (Fsp3) is 0.0182. The summed E-state index contributed by atoms with van der Waals surface area (Å²) >= 11 is 0. The molecular weight excluding hydrogens is 705 g/mol. The molecule has 0 unspecified atom stereocenters. The second kappa shape index (κ2) is 12.7. The van der Waals surface area contributed by atoms with Gasteiger partial charge in [0.05, 0.1) is 16.8 Å². The number of fused-ring (bicyclic) bond motifs is 12. The first-order chi connectivity index (χ1) is 28.7. The third-order valence-electron chi connectivity index (χ3n) is 12.1. The molecule has 0 bridgehead atoms. The molecule has 3 nitrogen and oxygen atoms in total. The molecule has 0 atom stereocenters. The molecule has 10 aromatic rings. The second-order valence-electron chi connectivity index (χ2n) is 15.3. The molecule has 0 saturated heterocycles. The molecule has 0 radical (unpaired) electrons. The van der Waals surface area contributed by atoms with Crippen LogP contribution in [-0.4, -0.2) is 9.97 Å². The van der Waals surface area contributed by atoms with E-state index in [1.54, 1.807) is 0 Å². The lowest BCUT2D eigenvalue weighted by Crippen LogP contribution is -2.32. The zero-order valence-corrected chi connectivity index (χ0v) is 31.4. The average molecular weight is 739 g/mol. The highest BCUT2D eigenvalue weighted by Crippen LogP contribution is 2.63. The maximum absolute atomic E-state index is 7.01. The first kappa shape index (κ1) is 32.6. The molecule has 1 aliphatic carbocycles. The normalized spacial score (nSPS) is 13.1. The third kappa shape index (κ3) is 4.80. The van der Waals surface area contributed by atoms with Crippen molar-refractivity contribution in [3.63, 3.8) is 0 Å². The summed E-state index contributed by atoms with van der Waals surface area (Å²) in [4.78, 5) is 10.5. The van der Waals surface area contributed by atoms with Crippen LogP contribution in [0.25, 0.3) is 77.7 Å². The molecule has 0 saturated carbocycles. The Labute approximate surface area is 336 Å². The summed E-state index contributed by atoms with van der Waals surface area (Å²) in [6, 6.07) is 73.6. The van der Waals surface area contributed by atoms with Gasteiger partial charge in [0, 0.05) is 33.4 Å². The smallest absolute Gasteiger partial charge is 0.160 e. The minimum atomic E-state index is -0.529. The maximum Gasteiger partial charge on any atom is 0.160 e. The quantitative estimate of drug-likeness (QED) is 0.169. The predicted molar refractivity (Wildman–Crippen MR) is 236 cm³/mol. The van der Waals surface area contributed by atoms with Crippen molar-refractivity contribution in [1.29, 1.82) is 0 Å². The highest BCUT2D eigenvalue weighted by Gasteiger charge is 2.51. The van der Waals surface area contributed by atoms with Crippen molar-refractivity contribution in [2.75, 3.05) is 0 Å². The SMILES string of the molecule is c1ccc(-c2cc(-c3ccc4c(ccc5ccccc54)c3)nc(-c3cccc(-c4cccc5c4Oc4ccccc4C54c5ccccc5-c5ccccc54)c3)n2)cc1. The number of rotatable bonds is 4. The van der Waals surface area contributed by atoms with Crippen LogP contribution >= 0.6 is 0 Å². The molecule has 3 heteroatoms. The molecule has 9 aromatic carbocycles. The van der Waals surface area contributed by atoms with Gasteiger partial charge in [0.1, 0.15) is 11.5 Å². The molecule has 1 aromatic heterocycles. The van der Waals surface area contributed by atoms with Crippen LogP contribution in [0.5, 0.6) is 11.5 Å².